The zero-order chi connectivity index (χ0) is 21.8. The van der Waals surface area contributed by atoms with E-state index >= 15 is 0 Å². The average Bonchev–Trinajstić information content (AvgIpc) is 3.21. The fourth-order valence-corrected chi connectivity index (χ4v) is 3.40. The van der Waals surface area contributed by atoms with Crippen LogP contribution < -0.4 is 5.32 Å². The highest BCUT2D eigenvalue weighted by atomic mass is 16.2. The highest BCUT2D eigenvalue weighted by molar-refractivity contribution is 5.93. The molecular weight excluding hydrogens is 386 g/mol. The Labute approximate surface area is 180 Å². The first kappa shape index (κ1) is 20.0. The van der Waals surface area contributed by atoms with E-state index in [1.54, 1.807) is 16.8 Å². The Balaban J connectivity index is 1.51. The van der Waals surface area contributed by atoms with E-state index in [2.05, 4.69) is 33.8 Å². The third kappa shape index (κ3) is 4.21. The summed E-state index contributed by atoms with van der Waals surface area (Å²) in [6.07, 6.45) is 0. The van der Waals surface area contributed by atoms with Gasteiger partial charge in [-0.15, -0.1) is 5.10 Å². The molecule has 3 aromatic carbocycles. The number of nitrogens with one attached hydrogen (secondary N) is 1. The lowest BCUT2D eigenvalue weighted by Gasteiger charge is -2.13. The molecule has 6 heteroatoms. The van der Waals surface area contributed by atoms with E-state index in [1.165, 1.54) is 0 Å². The zero-order valence-corrected chi connectivity index (χ0v) is 17.3. The highest BCUT2D eigenvalue weighted by Crippen LogP contribution is 2.21. The number of carbonyl (C=O) groups is 1. The molecule has 0 fully saturated rings. The van der Waals surface area contributed by atoms with Crippen LogP contribution in [0.4, 0.5) is 0 Å². The Bertz CT molecular complexity index is 1240. The number of aromatic nitrogens is 3. The first-order valence-electron chi connectivity index (χ1n) is 9.96. The van der Waals surface area contributed by atoms with Crippen LogP contribution in [-0.2, 0) is 0 Å². The maximum absolute atomic E-state index is 12.8. The van der Waals surface area contributed by atoms with Crippen LogP contribution in [-0.4, -0.2) is 20.9 Å². The summed E-state index contributed by atoms with van der Waals surface area (Å²) in [5, 5.41) is 20.2. The molecule has 1 N–H and O–H groups in total. The van der Waals surface area contributed by atoms with E-state index in [0.29, 0.717) is 11.3 Å². The first-order valence-corrected chi connectivity index (χ1v) is 9.96. The summed E-state index contributed by atoms with van der Waals surface area (Å²) in [7, 11) is 0. The lowest BCUT2D eigenvalue weighted by atomic mass is 10.1. The van der Waals surface area contributed by atoms with Gasteiger partial charge in [0.25, 0.3) is 5.91 Å². The van der Waals surface area contributed by atoms with Crippen molar-refractivity contribution in [2.24, 2.45) is 0 Å². The number of hydrogen-bond acceptors (Lipinski definition) is 4. The van der Waals surface area contributed by atoms with Crippen LogP contribution >= 0.6 is 0 Å². The van der Waals surface area contributed by atoms with E-state index in [0.717, 1.165) is 22.4 Å². The molecular formula is C25H21N5O. The lowest BCUT2D eigenvalue weighted by Crippen LogP contribution is -2.27. The standard InChI is InChI=1S/C25H21N5O/c1-17(20-10-8-19(16-26)9-11-20)27-25(31)24-18(2)30(29-28-24)23-14-12-22(13-15-23)21-6-4-3-5-7-21/h3-15,17H,1-2H3,(H,27,31). The summed E-state index contributed by atoms with van der Waals surface area (Å²) in [6, 6.07) is 27.1. The van der Waals surface area contributed by atoms with E-state index in [1.807, 2.05) is 68.4 Å². The lowest BCUT2D eigenvalue weighted by molar-refractivity contribution is 0.0934. The molecule has 152 valence electrons. The molecule has 0 aliphatic carbocycles. The van der Waals surface area contributed by atoms with Crippen molar-refractivity contribution < 1.29 is 4.79 Å². The minimum absolute atomic E-state index is 0.227. The number of benzene rings is 3. The van der Waals surface area contributed by atoms with Crippen molar-refractivity contribution in [3.63, 3.8) is 0 Å². The summed E-state index contributed by atoms with van der Waals surface area (Å²) in [4.78, 5) is 12.8. The number of hydrogen-bond donors (Lipinski definition) is 1. The molecule has 0 aliphatic heterocycles. The van der Waals surface area contributed by atoms with E-state index in [4.69, 9.17) is 5.26 Å². The van der Waals surface area contributed by atoms with Crippen LogP contribution in [0.1, 0.15) is 40.3 Å². The summed E-state index contributed by atoms with van der Waals surface area (Å²) in [5.41, 5.74) is 5.53. The van der Waals surface area contributed by atoms with Crippen molar-refractivity contribution in [1.29, 1.82) is 5.26 Å². The van der Waals surface area contributed by atoms with Gasteiger partial charge < -0.3 is 5.32 Å². The predicted molar refractivity (Wildman–Crippen MR) is 119 cm³/mol. The monoisotopic (exact) mass is 407 g/mol. The summed E-state index contributed by atoms with van der Waals surface area (Å²) >= 11 is 0. The molecule has 4 rings (SSSR count). The third-order valence-electron chi connectivity index (χ3n) is 5.22. The molecule has 31 heavy (non-hydrogen) atoms. The molecule has 0 spiro atoms. The van der Waals surface area contributed by atoms with Gasteiger partial charge in [0.05, 0.1) is 29.1 Å². The van der Waals surface area contributed by atoms with Crippen LogP contribution in [0.25, 0.3) is 16.8 Å². The average molecular weight is 407 g/mol. The van der Waals surface area contributed by atoms with Crippen molar-refractivity contribution in [2.45, 2.75) is 19.9 Å². The Morgan fingerprint density at radius 2 is 1.61 bits per heavy atom. The number of nitriles is 1. The van der Waals surface area contributed by atoms with Gasteiger partial charge in [-0.05, 0) is 54.8 Å². The Kier molecular flexibility index (Phi) is 5.59. The van der Waals surface area contributed by atoms with Crippen LogP contribution in [0.3, 0.4) is 0 Å². The Hall–Kier alpha value is -4.24. The van der Waals surface area contributed by atoms with Gasteiger partial charge in [0.2, 0.25) is 0 Å². The zero-order valence-electron chi connectivity index (χ0n) is 17.3. The smallest absolute Gasteiger partial charge is 0.274 e. The Morgan fingerprint density at radius 3 is 2.26 bits per heavy atom. The van der Waals surface area contributed by atoms with Crippen molar-refractivity contribution in [3.8, 4) is 22.9 Å². The van der Waals surface area contributed by atoms with Gasteiger partial charge in [-0.25, -0.2) is 4.68 Å². The molecule has 0 saturated heterocycles. The van der Waals surface area contributed by atoms with Crippen LogP contribution in [0.2, 0.25) is 0 Å². The van der Waals surface area contributed by atoms with E-state index in [-0.39, 0.29) is 17.6 Å². The van der Waals surface area contributed by atoms with Crippen molar-refractivity contribution in [3.05, 3.63) is 101 Å². The molecule has 4 aromatic rings. The normalized spacial score (nSPS) is 11.5. The SMILES string of the molecule is Cc1c(C(=O)NC(C)c2ccc(C#N)cc2)nnn1-c1ccc(-c2ccccc2)cc1. The molecule has 0 aliphatic rings. The van der Waals surface area contributed by atoms with Gasteiger partial charge in [0.1, 0.15) is 0 Å². The van der Waals surface area contributed by atoms with Gasteiger partial charge in [0, 0.05) is 0 Å². The van der Waals surface area contributed by atoms with E-state index in [9.17, 15) is 4.79 Å². The summed E-state index contributed by atoms with van der Waals surface area (Å²) in [6.45, 7) is 3.72. The van der Waals surface area contributed by atoms with Crippen molar-refractivity contribution >= 4 is 5.91 Å². The molecule has 6 nitrogen and oxygen atoms in total. The predicted octanol–water partition coefficient (Wildman–Crippen LogP) is 4.61. The molecule has 0 radical (unpaired) electrons. The quantitative estimate of drug-likeness (QED) is 0.524. The maximum atomic E-state index is 12.8. The van der Waals surface area contributed by atoms with Crippen molar-refractivity contribution in [2.75, 3.05) is 0 Å². The molecule has 0 saturated carbocycles. The summed E-state index contributed by atoms with van der Waals surface area (Å²) < 4.78 is 1.66. The third-order valence-corrected chi connectivity index (χ3v) is 5.22. The fraction of sp³-hybridized carbons (Fsp3) is 0.120. The van der Waals surface area contributed by atoms with Crippen LogP contribution in [0, 0.1) is 18.3 Å². The summed E-state index contributed by atoms with van der Waals surface area (Å²) in [5.74, 6) is -0.290. The fourth-order valence-electron chi connectivity index (χ4n) is 3.40. The topological polar surface area (TPSA) is 83.6 Å². The maximum Gasteiger partial charge on any atom is 0.274 e. The number of carbonyl (C=O) groups excluding carboxylic acids is 1. The van der Waals surface area contributed by atoms with Gasteiger partial charge in [-0.2, -0.15) is 5.26 Å². The second-order valence-electron chi connectivity index (χ2n) is 7.28. The van der Waals surface area contributed by atoms with Gasteiger partial charge in [-0.3, -0.25) is 4.79 Å². The minimum atomic E-state index is -0.290. The molecule has 1 aromatic heterocycles. The number of amides is 1. The second kappa shape index (κ2) is 8.64. The molecule has 1 unspecified atom stereocenters. The first-order chi connectivity index (χ1) is 15.1. The van der Waals surface area contributed by atoms with Crippen molar-refractivity contribution in [1.82, 2.24) is 20.3 Å². The molecule has 1 atom stereocenters. The molecule has 0 bridgehead atoms. The minimum Gasteiger partial charge on any atom is -0.344 e. The molecule has 1 amide bonds. The van der Waals surface area contributed by atoms with Crippen LogP contribution in [0.5, 0.6) is 0 Å². The second-order valence-corrected chi connectivity index (χ2v) is 7.28. The van der Waals surface area contributed by atoms with Crippen LogP contribution in [0.15, 0.2) is 78.9 Å². The molecule has 1 heterocycles. The van der Waals surface area contributed by atoms with Gasteiger partial charge >= 0.3 is 0 Å². The van der Waals surface area contributed by atoms with Gasteiger partial charge in [-0.1, -0.05) is 59.8 Å². The number of rotatable bonds is 5. The van der Waals surface area contributed by atoms with Gasteiger partial charge in [0.15, 0.2) is 5.69 Å². The Morgan fingerprint density at radius 1 is 0.968 bits per heavy atom. The largest absolute Gasteiger partial charge is 0.344 e. The van der Waals surface area contributed by atoms with E-state index < -0.39 is 0 Å². The number of nitrogens with zero attached hydrogens (tertiary/aromatic N) is 4. The highest BCUT2D eigenvalue weighted by Gasteiger charge is 2.19.